The van der Waals surface area contributed by atoms with Gasteiger partial charge in [-0.15, -0.1) is 0 Å². The molecule has 7 heteroatoms. The Bertz CT molecular complexity index is 525. The molecule has 1 aliphatic carbocycles. The molecule has 0 bridgehead atoms. The second-order valence-electron chi connectivity index (χ2n) is 4.39. The van der Waals surface area contributed by atoms with Crippen LogP contribution in [0.1, 0.15) is 12.8 Å². The molecule has 0 aliphatic heterocycles. The number of hydrogen-bond donors (Lipinski definition) is 1. The quantitative estimate of drug-likeness (QED) is 0.526. The summed E-state index contributed by atoms with van der Waals surface area (Å²) in [6, 6.07) is 1.24. The summed E-state index contributed by atoms with van der Waals surface area (Å²) in [4.78, 5) is 22.1. The molecule has 0 aromatic carbocycles. The molecule has 0 amide bonds. The van der Waals surface area contributed by atoms with Crippen LogP contribution in [0.3, 0.4) is 0 Å². The standard InChI is InChI=1S/C10H11BrN2O3S/c11-8-3-7(13(15)16)4-12(9(8)14)5-10(6-17)1-2-10/h3-4,17H,1-2,5-6H2. The lowest BCUT2D eigenvalue weighted by molar-refractivity contribution is -0.385. The molecule has 1 aromatic rings. The van der Waals surface area contributed by atoms with Gasteiger partial charge in [0.2, 0.25) is 0 Å². The Morgan fingerprint density at radius 2 is 2.24 bits per heavy atom. The van der Waals surface area contributed by atoms with E-state index in [1.165, 1.54) is 16.8 Å². The van der Waals surface area contributed by atoms with Gasteiger partial charge < -0.3 is 4.57 Å². The first-order valence-electron chi connectivity index (χ1n) is 5.13. The highest BCUT2D eigenvalue weighted by molar-refractivity contribution is 9.10. The molecule has 0 radical (unpaired) electrons. The third-order valence-electron chi connectivity index (χ3n) is 3.04. The summed E-state index contributed by atoms with van der Waals surface area (Å²) in [7, 11) is 0. The molecule has 1 aliphatic rings. The molecular formula is C10H11BrN2O3S. The Hall–Kier alpha value is -0.820. The number of rotatable bonds is 4. The maximum absolute atomic E-state index is 11.8. The first-order valence-corrected chi connectivity index (χ1v) is 6.55. The van der Waals surface area contributed by atoms with Crippen LogP contribution in [0.15, 0.2) is 21.5 Å². The summed E-state index contributed by atoms with van der Waals surface area (Å²) in [5, 5.41) is 10.7. The number of pyridine rings is 1. The van der Waals surface area contributed by atoms with Crippen molar-refractivity contribution in [2.24, 2.45) is 5.41 Å². The fourth-order valence-corrected chi connectivity index (χ4v) is 2.58. The van der Waals surface area contributed by atoms with Gasteiger partial charge in [-0.1, -0.05) is 0 Å². The Morgan fingerprint density at radius 1 is 1.59 bits per heavy atom. The minimum Gasteiger partial charge on any atom is -0.307 e. The molecule has 0 saturated heterocycles. The maximum atomic E-state index is 11.8. The third-order valence-corrected chi connectivity index (χ3v) is 4.28. The van der Waals surface area contributed by atoms with E-state index >= 15 is 0 Å². The summed E-state index contributed by atoms with van der Waals surface area (Å²) < 4.78 is 1.63. The van der Waals surface area contributed by atoms with Crippen LogP contribution >= 0.6 is 28.6 Å². The number of aromatic nitrogens is 1. The van der Waals surface area contributed by atoms with Crippen molar-refractivity contribution in [3.63, 3.8) is 0 Å². The van der Waals surface area contributed by atoms with Crippen molar-refractivity contribution in [3.8, 4) is 0 Å². The summed E-state index contributed by atoms with van der Waals surface area (Å²) in [5.74, 6) is 0.694. The van der Waals surface area contributed by atoms with Crippen molar-refractivity contribution in [1.29, 1.82) is 0 Å². The fraction of sp³-hybridized carbons (Fsp3) is 0.500. The zero-order valence-electron chi connectivity index (χ0n) is 8.93. The molecule has 92 valence electrons. The van der Waals surface area contributed by atoms with Crippen molar-refractivity contribution >= 4 is 34.2 Å². The van der Waals surface area contributed by atoms with Crippen molar-refractivity contribution in [1.82, 2.24) is 4.57 Å². The van der Waals surface area contributed by atoms with Gasteiger partial charge in [0.25, 0.3) is 11.2 Å². The van der Waals surface area contributed by atoms with Gasteiger partial charge in [0, 0.05) is 12.6 Å². The Balaban J connectivity index is 2.39. The molecule has 0 atom stereocenters. The van der Waals surface area contributed by atoms with Crippen molar-refractivity contribution < 1.29 is 4.92 Å². The maximum Gasteiger partial charge on any atom is 0.286 e. The van der Waals surface area contributed by atoms with Gasteiger partial charge in [-0.3, -0.25) is 14.9 Å². The van der Waals surface area contributed by atoms with E-state index in [1.807, 2.05) is 0 Å². The van der Waals surface area contributed by atoms with Crippen LogP contribution < -0.4 is 5.56 Å². The minimum atomic E-state index is -0.499. The highest BCUT2D eigenvalue weighted by Crippen LogP contribution is 2.47. The Kier molecular flexibility index (Phi) is 3.31. The fourth-order valence-electron chi connectivity index (χ4n) is 1.71. The minimum absolute atomic E-state index is 0.0433. The normalized spacial score (nSPS) is 16.8. The van der Waals surface area contributed by atoms with Gasteiger partial charge in [0.05, 0.1) is 15.6 Å². The van der Waals surface area contributed by atoms with Crippen LogP contribution in [0, 0.1) is 15.5 Å². The Morgan fingerprint density at radius 3 is 2.71 bits per heavy atom. The van der Waals surface area contributed by atoms with Crippen molar-refractivity contribution in [3.05, 3.63) is 37.2 Å². The van der Waals surface area contributed by atoms with Gasteiger partial charge >= 0.3 is 0 Å². The van der Waals surface area contributed by atoms with E-state index in [0.29, 0.717) is 12.3 Å². The number of thiol groups is 1. The molecule has 2 rings (SSSR count). The van der Waals surface area contributed by atoms with Crippen molar-refractivity contribution in [2.75, 3.05) is 5.75 Å². The predicted molar refractivity (Wildman–Crippen MR) is 70.6 cm³/mol. The van der Waals surface area contributed by atoms with Gasteiger partial charge in [0.15, 0.2) is 0 Å². The molecule has 0 unspecified atom stereocenters. The van der Waals surface area contributed by atoms with E-state index in [4.69, 9.17) is 0 Å². The van der Waals surface area contributed by atoms with Crippen LogP contribution in [-0.2, 0) is 6.54 Å². The lowest BCUT2D eigenvalue weighted by atomic mass is 10.1. The van der Waals surface area contributed by atoms with E-state index < -0.39 is 4.92 Å². The molecule has 1 heterocycles. The van der Waals surface area contributed by atoms with E-state index in [2.05, 4.69) is 28.6 Å². The van der Waals surface area contributed by atoms with Crippen LogP contribution in [0.25, 0.3) is 0 Å². The van der Waals surface area contributed by atoms with Gasteiger partial charge in [0.1, 0.15) is 0 Å². The highest BCUT2D eigenvalue weighted by Gasteiger charge is 2.41. The average molecular weight is 319 g/mol. The SMILES string of the molecule is O=c1c(Br)cc([N+](=O)[O-])cn1CC1(CS)CC1. The topological polar surface area (TPSA) is 65.1 Å². The first kappa shape index (κ1) is 12.6. The third kappa shape index (κ3) is 2.55. The smallest absolute Gasteiger partial charge is 0.286 e. The van der Waals surface area contributed by atoms with E-state index in [0.717, 1.165) is 12.8 Å². The number of nitrogens with zero attached hydrogens (tertiary/aromatic N) is 2. The van der Waals surface area contributed by atoms with E-state index in [9.17, 15) is 14.9 Å². The van der Waals surface area contributed by atoms with E-state index in [-0.39, 0.29) is 21.1 Å². The van der Waals surface area contributed by atoms with Crippen molar-refractivity contribution in [2.45, 2.75) is 19.4 Å². The Labute approximate surface area is 112 Å². The molecule has 1 aromatic heterocycles. The lowest BCUT2D eigenvalue weighted by Gasteiger charge is -2.13. The number of hydrogen-bond acceptors (Lipinski definition) is 4. The number of nitro groups is 1. The molecular weight excluding hydrogens is 308 g/mol. The molecule has 5 nitrogen and oxygen atoms in total. The van der Waals surface area contributed by atoms with Gasteiger partial charge in [-0.05, 0) is 39.9 Å². The second-order valence-corrected chi connectivity index (χ2v) is 5.57. The monoisotopic (exact) mass is 318 g/mol. The van der Waals surface area contributed by atoms with Crippen LogP contribution in [0.5, 0.6) is 0 Å². The zero-order chi connectivity index (χ0) is 12.6. The van der Waals surface area contributed by atoms with Gasteiger partial charge in [-0.2, -0.15) is 12.6 Å². The predicted octanol–water partition coefficient (Wildman–Crippen LogP) is 2.23. The summed E-state index contributed by atoms with van der Waals surface area (Å²) in [6.45, 7) is 0.496. The molecule has 1 saturated carbocycles. The lowest BCUT2D eigenvalue weighted by Crippen LogP contribution is -2.26. The molecule has 0 N–H and O–H groups in total. The van der Waals surface area contributed by atoms with E-state index in [1.54, 1.807) is 0 Å². The van der Waals surface area contributed by atoms with Gasteiger partial charge in [-0.25, -0.2) is 0 Å². The van der Waals surface area contributed by atoms with Crippen LogP contribution in [0.2, 0.25) is 0 Å². The first-order chi connectivity index (χ1) is 7.97. The largest absolute Gasteiger partial charge is 0.307 e. The van der Waals surface area contributed by atoms with Crippen LogP contribution in [-0.4, -0.2) is 15.2 Å². The molecule has 17 heavy (non-hydrogen) atoms. The number of halogens is 1. The second kappa shape index (κ2) is 4.45. The molecule has 1 fully saturated rings. The zero-order valence-corrected chi connectivity index (χ0v) is 11.4. The summed E-state index contributed by atoms with van der Waals surface area (Å²) >= 11 is 7.32. The highest BCUT2D eigenvalue weighted by atomic mass is 79.9. The van der Waals surface area contributed by atoms with Crippen LogP contribution in [0.4, 0.5) is 5.69 Å². The molecule has 0 spiro atoms. The average Bonchev–Trinajstić information content (AvgIpc) is 3.05. The summed E-state index contributed by atoms with van der Waals surface area (Å²) in [6.07, 6.45) is 3.34. The summed E-state index contributed by atoms with van der Waals surface area (Å²) in [5.41, 5.74) is -0.267.